The molecule has 0 aromatic carbocycles. The van der Waals surface area contributed by atoms with Crippen LogP contribution in [0.3, 0.4) is 0 Å². The van der Waals surface area contributed by atoms with Crippen molar-refractivity contribution in [2.45, 2.75) is 31.0 Å². The summed E-state index contributed by atoms with van der Waals surface area (Å²) in [5.74, 6) is 0.103. The maximum absolute atomic E-state index is 12.2. The van der Waals surface area contributed by atoms with Crippen LogP contribution in [0.4, 0.5) is 0 Å². The number of carbonyl (C=O) groups excluding carboxylic acids is 1. The van der Waals surface area contributed by atoms with E-state index in [0.717, 1.165) is 42.9 Å². The van der Waals surface area contributed by atoms with Gasteiger partial charge < -0.3 is 4.90 Å². The first-order valence-electron chi connectivity index (χ1n) is 5.47. The lowest BCUT2D eigenvalue weighted by Gasteiger charge is -2.29. The van der Waals surface area contributed by atoms with Crippen molar-refractivity contribution in [2.24, 2.45) is 0 Å². The Bertz CT molecular complexity index is 374. The van der Waals surface area contributed by atoms with Gasteiger partial charge in [0.05, 0.1) is 5.69 Å². The Balaban J connectivity index is 2.07. The molecule has 16 heavy (non-hydrogen) atoms. The molecule has 1 amide bonds. The van der Waals surface area contributed by atoms with Crippen LogP contribution in [0.5, 0.6) is 0 Å². The fourth-order valence-electron chi connectivity index (χ4n) is 1.80. The van der Waals surface area contributed by atoms with Crippen molar-refractivity contribution in [2.75, 3.05) is 13.1 Å². The molecule has 2 heterocycles. The topological polar surface area (TPSA) is 46.1 Å². The van der Waals surface area contributed by atoms with Gasteiger partial charge in [0.1, 0.15) is 4.88 Å². The molecule has 6 heteroatoms. The maximum Gasteiger partial charge on any atom is 0.267 e. The molecule has 1 aliphatic rings. The third-order valence-electron chi connectivity index (χ3n) is 2.80. The Morgan fingerprint density at radius 1 is 1.56 bits per heavy atom. The van der Waals surface area contributed by atoms with Crippen molar-refractivity contribution < 1.29 is 4.79 Å². The molecule has 0 aliphatic carbocycles. The fourth-order valence-corrected chi connectivity index (χ4v) is 2.93. The Hall–Kier alpha value is -0.490. The summed E-state index contributed by atoms with van der Waals surface area (Å²) in [4.78, 5) is 15.4. The van der Waals surface area contributed by atoms with Crippen LogP contribution in [0.1, 0.15) is 35.1 Å². The van der Waals surface area contributed by atoms with Gasteiger partial charge in [-0.15, -0.1) is 5.10 Å². The summed E-state index contributed by atoms with van der Waals surface area (Å²) in [5, 5.41) is 3.98. The van der Waals surface area contributed by atoms with Crippen LogP contribution < -0.4 is 0 Å². The van der Waals surface area contributed by atoms with Crippen LogP contribution >= 0.6 is 27.5 Å². The van der Waals surface area contributed by atoms with E-state index in [0.29, 0.717) is 4.83 Å². The Morgan fingerprint density at radius 2 is 2.25 bits per heavy atom. The van der Waals surface area contributed by atoms with Crippen LogP contribution in [0.2, 0.25) is 0 Å². The number of hydrogen-bond donors (Lipinski definition) is 0. The van der Waals surface area contributed by atoms with E-state index in [-0.39, 0.29) is 5.91 Å². The third-order valence-corrected chi connectivity index (χ3v) is 4.47. The van der Waals surface area contributed by atoms with Gasteiger partial charge in [0.15, 0.2) is 0 Å². The summed E-state index contributed by atoms with van der Waals surface area (Å²) in [6.07, 6.45) is 2.82. The van der Waals surface area contributed by atoms with E-state index in [2.05, 4.69) is 25.5 Å². The molecule has 0 spiro atoms. The highest BCUT2D eigenvalue weighted by Gasteiger charge is 2.25. The van der Waals surface area contributed by atoms with E-state index in [4.69, 9.17) is 0 Å². The molecule has 0 atom stereocenters. The van der Waals surface area contributed by atoms with E-state index < -0.39 is 0 Å². The molecule has 1 aromatic heterocycles. The van der Waals surface area contributed by atoms with E-state index in [1.165, 1.54) is 11.5 Å². The summed E-state index contributed by atoms with van der Waals surface area (Å²) in [6, 6.07) is 0. The number of alkyl halides is 1. The predicted octanol–water partition coefficient (Wildman–Crippen LogP) is 2.10. The van der Waals surface area contributed by atoms with Gasteiger partial charge in [0.2, 0.25) is 0 Å². The van der Waals surface area contributed by atoms with Crippen molar-refractivity contribution >= 4 is 33.4 Å². The monoisotopic (exact) mass is 303 g/mol. The smallest absolute Gasteiger partial charge is 0.267 e. The van der Waals surface area contributed by atoms with Gasteiger partial charge in [0, 0.05) is 17.9 Å². The minimum Gasteiger partial charge on any atom is -0.338 e. The van der Waals surface area contributed by atoms with Crippen molar-refractivity contribution in [3.63, 3.8) is 0 Å². The average Bonchev–Trinajstić information content (AvgIpc) is 2.77. The van der Waals surface area contributed by atoms with Gasteiger partial charge >= 0.3 is 0 Å². The van der Waals surface area contributed by atoms with Crippen molar-refractivity contribution in [3.05, 3.63) is 10.6 Å². The highest BCUT2D eigenvalue weighted by molar-refractivity contribution is 9.09. The Labute approximate surface area is 107 Å². The zero-order valence-corrected chi connectivity index (χ0v) is 11.6. The van der Waals surface area contributed by atoms with Crippen LogP contribution in [-0.2, 0) is 6.42 Å². The molecule has 1 saturated heterocycles. The number of likely N-dealkylation sites (tertiary alicyclic amines) is 1. The summed E-state index contributed by atoms with van der Waals surface area (Å²) >= 11 is 4.79. The third kappa shape index (κ3) is 2.43. The van der Waals surface area contributed by atoms with Gasteiger partial charge in [-0.1, -0.05) is 27.3 Å². The van der Waals surface area contributed by atoms with E-state index >= 15 is 0 Å². The second-order valence-electron chi connectivity index (χ2n) is 3.87. The highest BCUT2D eigenvalue weighted by atomic mass is 79.9. The second kappa shape index (κ2) is 5.23. The largest absolute Gasteiger partial charge is 0.338 e. The summed E-state index contributed by atoms with van der Waals surface area (Å²) in [5.41, 5.74) is 0.830. The first-order chi connectivity index (χ1) is 7.72. The normalized spacial score (nSPS) is 17.8. The molecule has 0 unspecified atom stereocenters. The van der Waals surface area contributed by atoms with Crippen molar-refractivity contribution in [1.29, 1.82) is 0 Å². The van der Waals surface area contributed by atoms with Crippen LogP contribution in [0.15, 0.2) is 0 Å². The van der Waals surface area contributed by atoms with Crippen molar-refractivity contribution in [3.8, 4) is 0 Å². The Kier molecular flexibility index (Phi) is 3.91. The van der Waals surface area contributed by atoms with Gasteiger partial charge in [-0.25, -0.2) is 0 Å². The molecule has 0 bridgehead atoms. The molecule has 2 rings (SSSR count). The van der Waals surface area contributed by atoms with Gasteiger partial charge in [-0.3, -0.25) is 4.79 Å². The average molecular weight is 304 g/mol. The molecule has 1 aromatic rings. The predicted molar refractivity (Wildman–Crippen MR) is 67.1 cm³/mol. The number of halogens is 1. The highest BCUT2D eigenvalue weighted by Crippen LogP contribution is 2.21. The first kappa shape index (κ1) is 12.0. The number of hydrogen-bond acceptors (Lipinski definition) is 4. The zero-order chi connectivity index (χ0) is 11.5. The molecule has 88 valence electrons. The number of aromatic nitrogens is 2. The minimum atomic E-state index is 0.103. The lowest BCUT2D eigenvalue weighted by Crippen LogP contribution is -2.38. The van der Waals surface area contributed by atoms with Crippen LogP contribution in [0.25, 0.3) is 0 Å². The number of aryl methyl sites for hydroxylation is 1. The number of nitrogens with zero attached hydrogens (tertiary/aromatic N) is 3. The lowest BCUT2D eigenvalue weighted by atomic mass is 10.1. The van der Waals surface area contributed by atoms with Gasteiger partial charge in [-0.2, -0.15) is 0 Å². The quantitative estimate of drug-likeness (QED) is 0.786. The Morgan fingerprint density at radius 3 is 2.88 bits per heavy atom. The summed E-state index contributed by atoms with van der Waals surface area (Å²) in [7, 11) is 0. The molecule has 0 saturated carbocycles. The minimum absolute atomic E-state index is 0.103. The summed E-state index contributed by atoms with van der Waals surface area (Å²) < 4.78 is 3.86. The summed E-state index contributed by atoms with van der Waals surface area (Å²) in [6.45, 7) is 3.66. The zero-order valence-electron chi connectivity index (χ0n) is 9.15. The van der Waals surface area contributed by atoms with Gasteiger partial charge in [0.25, 0.3) is 5.91 Å². The number of carbonyl (C=O) groups is 1. The second-order valence-corrected chi connectivity index (χ2v) is 5.92. The lowest BCUT2D eigenvalue weighted by molar-refractivity contribution is 0.0732. The molecular weight excluding hydrogens is 290 g/mol. The first-order valence-corrected chi connectivity index (χ1v) is 7.15. The standard InChI is InChI=1S/C10H14BrN3OS/c1-2-8-9(16-13-12-8)10(15)14-5-3-7(11)4-6-14/h7H,2-6H2,1H3. The van der Waals surface area contributed by atoms with E-state index in [9.17, 15) is 4.79 Å². The maximum atomic E-state index is 12.2. The number of amides is 1. The van der Waals surface area contributed by atoms with Crippen molar-refractivity contribution in [1.82, 2.24) is 14.5 Å². The van der Waals surface area contributed by atoms with E-state index in [1.54, 1.807) is 0 Å². The molecule has 0 radical (unpaired) electrons. The SMILES string of the molecule is CCc1nnsc1C(=O)N1CCC(Br)CC1. The molecule has 1 aliphatic heterocycles. The molecule has 1 fully saturated rings. The number of rotatable bonds is 2. The van der Waals surface area contributed by atoms with E-state index in [1.807, 2.05) is 11.8 Å². The van der Waals surface area contributed by atoms with Gasteiger partial charge in [-0.05, 0) is 30.8 Å². The molecule has 4 nitrogen and oxygen atoms in total. The van der Waals surface area contributed by atoms with Crippen LogP contribution in [0, 0.1) is 0 Å². The fraction of sp³-hybridized carbons (Fsp3) is 0.700. The molecular formula is C10H14BrN3OS. The number of piperidine rings is 1. The van der Waals surface area contributed by atoms with Crippen LogP contribution in [-0.4, -0.2) is 38.3 Å². The molecule has 0 N–H and O–H groups in total.